The van der Waals surface area contributed by atoms with Crippen molar-refractivity contribution in [2.75, 3.05) is 0 Å². The van der Waals surface area contributed by atoms with Crippen LogP contribution in [-0.2, 0) is 6.61 Å². The summed E-state index contributed by atoms with van der Waals surface area (Å²) in [5.74, 6) is 1.50. The van der Waals surface area contributed by atoms with Gasteiger partial charge in [0.25, 0.3) is 0 Å². The molecule has 15 heavy (non-hydrogen) atoms. The molecular formula is C10H12N4O. The average Bonchev–Trinajstić information content (AvgIpc) is 2.57. The molecule has 0 radical (unpaired) electrons. The van der Waals surface area contributed by atoms with Gasteiger partial charge >= 0.3 is 0 Å². The molecule has 0 aromatic carbocycles. The summed E-state index contributed by atoms with van der Waals surface area (Å²) in [6, 6.07) is 1.77. The van der Waals surface area contributed by atoms with Gasteiger partial charge in [0.15, 0.2) is 0 Å². The molecular weight excluding hydrogens is 192 g/mol. The van der Waals surface area contributed by atoms with E-state index in [4.69, 9.17) is 0 Å². The lowest BCUT2D eigenvalue weighted by Crippen LogP contribution is -2.04. The number of aromatic nitrogens is 4. The Hall–Kier alpha value is -1.75. The van der Waals surface area contributed by atoms with Crippen LogP contribution in [0.3, 0.4) is 0 Å². The molecule has 0 saturated heterocycles. The standard InChI is InChI=1S/C10H12N4O/c1-7-12-8(2)14(13-7)10-5-11-4-3-9(10)6-15/h3-5,15H,6H2,1-2H3. The minimum absolute atomic E-state index is 0.0315. The summed E-state index contributed by atoms with van der Waals surface area (Å²) in [6.07, 6.45) is 3.32. The van der Waals surface area contributed by atoms with Crippen molar-refractivity contribution in [2.45, 2.75) is 20.5 Å². The molecule has 0 fully saturated rings. The first kappa shape index (κ1) is 9.79. The molecule has 5 heteroatoms. The number of hydrogen-bond acceptors (Lipinski definition) is 4. The van der Waals surface area contributed by atoms with E-state index in [-0.39, 0.29) is 6.61 Å². The first-order chi connectivity index (χ1) is 7.22. The van der Waals surface area contributed by atoms with Crippen LogP contribution in [-0.4, -0.2) is 24.9 Å². The van der Waals surface area contributed by atoms with E-state index in [0.717, 1.165) is 17.1 Å². The average molecular weight is 204 g/mol. The van der Waals surface area contributed by atoms with E-state index in [0.29, 0.717) is 5.82 Å². The highest BCUT2D eigenvalue weighted by atomic mass is 16.3. The van der Waals surface area contributed by atoms with Gasteiger partial charge in [0.2, 0.25) is 0 Å². The van der Waals surface area contributed by atoms with Crippen LogP contribution in [0.25, 0.3) is 5.69 Å². The molecule has 0 saturated carbocycles. The van der Waals surface area contributed by atoms with Crippen LogP contribution in [0.15, 0.2) is 18.5 Å². The molecule has 0 aliphatic heterocycles. The molecule has 2 rings (SSSR count). The molecule has 0 atom stereocenters. The van der Waals surface area contributed by atoms with Crippen molar-refractivity contribution in [3.8, 4) is 5.69 Å². The van der Waals surface area contributed by atoms with Gasteiger partial charge < -0.3 is 5.11 Å². The third-order valence-corrected chi connectivity index (χ3v) is 2.16. The lowest BCUT2D eigenvalue weighted by molar-refractivity contribution is 0.281. The van der Waals surface area contributed by atoms with Gasteiger partial charge in [-0.3, -0.25) is 4.98 Å². The van der Waals surface area contributed by atoms with E-state index in [1.165, 1.54) is 0 Å². The van der Waals surface area contributed by atoms with Gasteiger partial charge in [-0.05, 0) is 19.9 Å². The number of nitrogens with zero attached hydrogens (tertiary/aromatic N) is 4. The first-order valence-corrected chi connectivity index (χ1v) is 4.66. The second-order valence-corrected chi connectivity index (χ2v) is 3.28. The molecule has 0 unspecified atom stereocenters. The maximum atomic E-state index is 9.19. The summed E-state index contributed by atoms with van der Waals surface area (Å²) in [6.45, 7) is 3.67. The Balaban J connectivity index is 2.58. The lowest BCUT2D eigenvalue weighted by Gasteiger charge is -2.06. The molecule has 2 aromatic heterocycles. The van der Waals surface area contributed by atoms with Crippen molar-refractivity contribution in [2.24, 2.45) is 0 Å². The van der Waals surface area contributed by atoms with Crippen molar-refractivity contribution in [1.82, 2.24) is 19.7 Å². The minimum atomic E-state index is -0.0315. The lowest BCUT2D eigenvalue weighted by atomic mass is 10.2. The second kappa shape index (κ2) is 3.78. The van der Waals surface area contributed by atoms with Gasteiger partial charge in [0.1, 0.15) is 11.6 Å². The smallest absolute Gasteiger partial charge is 0.148 e. The zero-order valence-corrected chi connectivity index (χ0v) is 8.68. The molecule has 0 aliphatic rings. The highest BCUT2D eigenvalue weighted by Gasteiger charge is 2.08. The third kappa shape index (κ3) is 1.73. The van der Waals surface area contributed by atoms with Crippen LogP contribution in [0.1, 0.15) is 17.2 Å². The van der Waals surface area contributed by atoms with Crippen molar-refractivity contribution in [3.05, 3.63) is 35.7 Å². The number of aliphatic hydroxyl groups is 1. The number of aliphatic hydroxyl groups excluding tert-OH is 1. The Labute approximate surface area is 87.4 Å². The minimum Gasteiger partial charge on any atom is -0.392 e. The second-order valence-electron chi connectivity index (χ2n) is 3.28. The van der Waals surface area contributed by atoms with Gasteiger partial charge in [-0.15, -0.1) is 0 Å². The van der Waals surface area contributed by atoms with E-state index >= 15 is 0 Å². The zero-order chi connectivity index (χ0) is 10.8. The van der Waals surface area contributed by atoms with Crippen LogP contribution in [0.4, 0.5) is 0 Å². The quantitative estimate of drug-likeness (QED) is 0.784. The molecule has 0 spiro atoms. The third-order valence-electron chi connectivity index (χ3n) is 2.16. The number of pyridine rings is 1. The Morgan fingerprint density at radius 1 is 1.40 bits per heavy atom. The summed E-state index contributed by atoms with van der Waals surface area (Å²) >= 11 is 0. The summed E-state index contributed by atoms with van der Waals surface area (Å²) in [5.41, 5.74) is 1.57. The van der Waals surface area contributed by atoms with Crippen molar-refractivity contribution in [1.29, 1.82) is 0 Å². The van der Waals surface area contributed by atoms with Crippen LogP contribution in [0.5, 0.6) is 0 Å². The fraction of sp³-hybridized carbons (Fsp3) is 0.300. The maximum Gasteiger partial charge on any atom is 0.148 e. The van der Waals surface area contributed by atoms with Gasteiger partial charge in [-0.1, -0.05) is 0 Å². The Morgan fingerprint density at radius 3 is 2.80 bits per heavy atom. The van der Waals surface area contributed by atoms with E-state index < -0.39 is 0 Å². The normalized spacial score (nSPS) is 10.6. The van der Waals surface area contributed by atoms with E-state index in [1.54, 1.807) is 23.1 Å². The number of hydrogen-bond donors (Lipinski definition) is 1. The number of aryl methyl sites for hydroxylation is 2. The topological polar surface area (TPSA) is 63.8 Å². The summed E-state index contributed by atoms with van der Waals surface area (Å²) < 4.78 is 1.69. The number of rotatable bonds is 2. The predicted molar refractivity (Wildman–Crippen MR) is 54.6 cm³/mol. The zero-order valence-electron chi connectivity index (χ0n) is 8.68. The van der Waals surface area contributed by atoms with Crippen LogP contribution >= 0.6 is 0 Å². The van der Waals surface area contributed by atoms with Gasteiger partial charge in [0, 0.05) is 11.8 Å². The van der Waals surface area contributed by atoms with Gasteiger partial charge in [0.05, 0.1) is 18.5 Å². The van der Waals surface area contributed by atoms with Crippen molar-refractivity contribution < 1.29 is 5.11 Å². The SMILES string of the molecule is Cc1nc(C)n(-c2cnccc2CO)n1. The van der Waals surface area contributed by atoms with Gasteiger partial charge in [-0.2, -0.15) is 5.10 Å². The van der Waals surface area contributed by atoms with Crippen molar-refractivity contribution in [3.63, 3.8) is 0 Å². The fourth-order valence-electron chi connectivity index (χ4n) is 1.49. The molecule has 0 aliphatic carbocycles. The van der Waals surface area contributed by atoms with E-state index in [1.807, 2.05) is 13.8 Å². The fourth-order valence-corrected chi connectivity index (χ4v) is 1.49. The molecule has 1 N–H and O–H groups in total. The van der Waals surface area contributed by atoms with E-state index in [9.17, 15) is 5.11 Å². The van der Waals surface area contributed by atoms with Crippen LogP contribution in [0, 0.1) is 13.8 Å². The van der Waals surface area contributed by atoms with E-state index in [2.05, 4.69) is 15.1 Å². The van der Waals surface area contributed by atoms with Crippen LogP contribution in [0.2, 0.25) is 0 Å². The molecule has 2 aromatic rings. The van der Waals surface area contributed by atoms with Crippen LogP contribution < -0.4 is 0 Å². The van der Waals surface area contributed by atoms with Crippen molar-refractivity contribution >= 4 is 0 Å². The Bertz CT molecular complexity index is 478. The molecule has 2 heterocycles. The van der Waals surface area contributed by atoms with Gasteiger partial charge in [-0.25, -0.2) is 9.67 Å². The molecule has 0 amide bonds. The molecule has 5 nitrogen and oxygen atoms in total. The predicted octanol–water partition coefficient (Wildman–Crippen LogP) is 0.771. The Kier molecular flexibility index (Phi) is 2.47. The summed E-state index contributed by atoms with van der Waals surface area (Å²) in [4.78, 5) is 8.23. The first-order valence-electron chi connectivity index (χ1n) is 4.66. The maximum absolute atomic E-state index is 9.19. The monoisotopic (exact) mass is 204 g/mol. The highest BCUT2D eigenvalue weighted by Crippen LogP contribution is 2.13. The molecule has 0 bridgehead atoms. The highest BCUT2D eigenvalue weighted by molar-refractivity contribution is 5.37. The largest absolute Gasteiger partial charge is 0.392 e. The Morgan fingerprint density at radius 2 is 2.20 bits per heavy atom. The summed E-state index contributed by atoms with van der Waals surface area (Å²) in [5, 5.41) is 13.4. The molecule has 78 valence electrons. The summed E-state index contributed by atoms with van der Waals surface area (Å²) in [7, 11) is 0.